The van der Waals surface area contributed by atoms with Crippen molar-refractivity contribution in [1.82, 2.24) is 5.32 Å². The maximum Gasteiger partial charge on any atom is 0.407 e. The molecular formula is C20H22N2O3. The second-order valence-electron chi connectivity index (χ2n) is 5.58. The number of carbonyl (C=O) groups is 2. The van der Waals surface area contributed by atoms with Gasteiger partial charge in [-0.15, -0.1) is 0 Å². The Hall–Kier alpha value is -3.08. The summed E-state index contributed by atoms with van der Waals surface area (Å²) in [5.41, 5.74) is 8.86. The van der Waals surface area contributed by atoms with Crippen molar-refractivity contribution in [2.45, 2.75) is 20.0 Å². The fourth-order valence-electron chi connectivity index (χ4n) is 2.19. The molecule has 130 valence electrons. The molecule has 0 aromatic heterocycles. The third-order valence-electron chi connectivity index (χ3n) is 3.58. The molecule has 0 aliphatic rings. The van der Waals surface area contributed by atoms with Gasteiger partial charge in [-0.25, -0.2) is 4.79 Å². The smallest absolute Gasteiger partial charge is 0.407 e. The zero-order valence-electron chi connectivity index (χ0n) is 14.2. The first-order valence-corrected chi connectivity index (χ1v) is 8.08. The summed E-state index contributed by atoms with van der Waals surface area (Å²) in [6.07, 6.45) is 3.99. The number of hydrogen-bond acceptors (Lipinski definition) is 4. The predicted octanol–water partition coefficient (Wildman–Crippen LogP) is 3.80. The van der Waals surface area contributed by atoms with E-state index in [0.29, 0.717) is 24.2 Å². The number of carbonyl (C=O) groups excluding carboxylic acids is 2. The van der Waals surface area contributed by atoms with E-state index in [2.05, 4.69) is 5.32 Å². The van der Waals surface area contributed by atoms with Gasteiger partial charge in [0, 0.05) is 17.8 Å². The summed E-state index contributed by atoms with van der Waals surface area (Å²) in [6.45, 7) is 2.23. The first kappa shape index (κ1) is 18.3. The monoisotopic (exact) mass is 338 g/mol. The molecule has 0 unspecified atom stereocenters. The van der Waals surface area contributed by atoms with E-state index < -0.39 is 6.09 Å². The number of nitrogens with one attached hydrogen (secondary N) is 1. The third-order valence-corrected chi connectivity index (χ3v) is 3.58. The number of amides is 1. The maximum atomic E-state index is 11.6. The molecule has 0 spiro atoms. The molecule has 0 fully saturated rings. The molecule has 2 aromatic carbocycles. The quantitative estimate of drug-likeness (QED) is 0.457. The molecule has 0 bridgehead atoms. The lowest BCUT2D eigenvalue weighted by molar-refractivity contribution is 0.101. The van der Waals surface area contributed by atoms with Crippen LogP contribution in [-0.2, 0) is 11.3 Å². The number of benzene rings is 2. The highest BCUT2D eigenvalue weighted by atomic mass is 16.5. The maximum absolute atomic E-state index is 11.6. The molecule has 0 radical (unpaired) electrons. The molecule has 0 atom stereocenters. The van der Waals surface area contributed by atoms with Gasteiger partial charge in [-0.1, -0.05) is 54.6 Å². The van der Waals surface area contributed by atoms with Gasteiger partial charge in [-0.05, 0) is 30.5 Å². The van der Waals surface area contributed by atoms with E-state index in [0.717, 1.165) is 11.1 Å². The molecule has 25 heavy (non-hydrogen) atoms. The number of hydrogen-bond donors (Lipinski definition) is 2. The Bertz CT molecular complexity index is 755. The number of alkyl carbamates (subject to hydrolysis) is 1. The second-order valence-corrected chi connectivity index (χ2v) is 5.58. The Kier molecular flexibility index (Phi) is 6.77. The number of nitrogen functional groups attached to an aromatic ring is 1. The van der Waals surface area contributed by atoms with Crippen molar-refractivity contribution in [3.05, 3.63) is 71.3 Å². The van der Waals surface area contributed by atoms with Crippen LogP contribution < -0.4 is 11.1 Å². The van der Waals surface area contributed by atoms with Crippen LogP contribution in [0, 0.1) is 0 Å². The fourth-order valence-corrected chi connectivity index (χ4v) is 2.19. The van der Waals surface area contributed by atoms with Gasteiger partial charge in [-0.2, -0.15) is 0 Å². The van der Waals surface area contributed by atoms with Crippen LogP contribution in [0.5, 0.6) is 0 Å². The minimum atomic E-state index is -0.442. The molecule has 0 aliphatic carbocycles. The van der Waals surface area contributed by atoms with Crippen LogP contribution in [0.15, 0.2) is 54.6 Å². The van der Waals surface area contributed by atoms with Gasteiger partial charge in [0.1, 0.15) is 6.61 Å². The number of nitrogens with two attached hydrogens (primary N) is 1. The zero-order chi connectivity index (χ0) is 18.1. The normalized spacial score (nSPS) is 10.6. The number of ether oxygens (including phenoxy) is 1. The Morgan fingerprint density at radius 1 is 1.16 bits per heavy atom. The van der Waals surface area contributed by atoms with E-state index in [1.54, 1.807) is 12.1 Å². The van der Waals surface area contributed by atoms with Crippen LogP contribution in [-0.4, -0.2) is 18.4 Å². The van der Waals surface area contributed by atoms with Crippen molar-refractivity contribution in [3.8, 4) is 0 Å². The lowest BCUT2D eigenvalue weighted by Crippen LogP contribution is -2.24. The van der Waals surface area contributed by atoms with Crippen molar-refractivity contribution in [1.29, 1.82) is 0 Å². The molecule has 5 heteroatoms. The number of rotatable bonds is 7. The van der Waals surface area contributed by atoms with Gasteiger partial charge in [-0.3, -0.25) is 4.79 Å². The van der Waals surface area contributed by atoms with Crippen molar-refractivity contribution in [2.75, 3.05) is 12.3 Å². The molecular weight excluding hydrogens is 316 g/mol. The first-order valence-electron chi connectivity index (χ1n) is 8.08. The van der Waals surface area contributed by atoms with Gasteiger partial charge >= 0.3 is 6.09 Å². The van der Waals surface area contributed by atoms with E-state index >= 15 is 0 Å². The summed E-state index contributed by atoms with van der Waals surface area (Å²) in [5, 5.41) is 2.69. The van der Waals surface area contributed by atoms with Crippen molar-refractivity contribution in [2.24, 2.45) is 0 Å². The van der Waals surface area contributed by atoms with Crippen LogP contribution in [0.25, 0.3) is 6.08 Å². The van der Waals surface area contributed by atoms with E-state index in [4.69, 9.17) is 10.5 Å². The molecule has 0 saturated carbocycles. The van der Waals surface area contributed by atoms with Crippen LogP contribution >= 0.6 is 0 Å². The lowest BCUT2D eigenvalue weighted by atomic mass is 10.1. The molecule has 0 heterocycles. The molecule has 3 N–H and O–H groups in total. The average molecular weight is 338 g/mol. The standard InChI is InChI=1S/C20H22N2O3/c1-15(23)18-11-10-17(19(21)13-18)9-5-6-12-22-20(24)25-14-16-7-3-2-4-8-16/h2-5,7-11,13H,6,12,14,21H2,1H3,(H,22,24). The van der Waals surface area contributed by atoms with Crippen molar-refractivity contribution in [3.63, 3.8) is 0 Å². The van der Waals surface area contributed by atoms with Crippen LogP contribution in [0.1, 0.15) is 34.8 Å². The first-order chi connectivity index (χ1) is 12.1. The summed E-state index contributed by atoms with van der Waals surface area (Å²) in [7, 11) is 0. The van der Waals surface area contributed by atoms with Gasteiger partial charge in [0.15, 0.2) is 5.78 Å². The van der Waals surface area contributed by atoms with Gasteiger partial charge < -0.3 is 15.8 Å². The largest absolute Gasteiger partial charge is 0.445 e. The highest BCUT2D eigenvalue weighted by molar-refractivity contribution is 5.95. The molecule has 2 rings (SSSR count). The Morgan fingerprint density at radius 2 is 1.92 bits per heavy atom. The summed E-state index contributed by atoms with van der Waals surface area (Å²) >= 11 is 0. The number of Topliss-reactive ketones (excluding diaryl/α,β-unsaturated/α-hetero) is 1. The summed E-state index contributed by atoms with van der Waals surface area (Å²) < 4.78 is 5.12. The van der Waals surface area contributed by atoms with E-state index in [-0.39, 0.29) is 12.4 Å². The minimum Gasteiger partial charge on any atom is -0.445 e. The van der Waals surface area contributed by atoms with Gasteiger partial charge in [0.2, 0.25) is 0 Å². The summed E-state index contributed by atoms with van der Waals surface area (Å²) in [4.78, 5) is 22.9. The van der Waals surface area contributed by atoms with Gasteiger partial charge in [0.05, 0.1) is 0 Å². The third kappa shape index (κ3) is 6.14. The average Bonchev–Trinajstić information content (AvgIpc) is 2.61. The summed E-state index contributed by atoms with van der Waals surface area (Å²) in [5.74, 6) is -0.0135. The molecule has 2 aromatic rings. The number of anilines is 1. The summed E-state index contributed by atoms with van der Waals surface area (Å²) in [6, 6.07) is 14.7. The molecule has 5 nitrogen and oxygen atoms in total. The minimum absolute atomic E-state index is 0.0135. The fraction of sp³-hybridized carbons (Fsp3) is 0.200. The Labute approximate surface area is 147 Å². The molecule has 0 saturated heterocycles. The van der Waals surface area contributed by atoms with Crippen molar-refractivity contribution < 1.29 is 14.3 Å². The van der Waals surface area contributed by atoms with Crippen LogP contribution in [0.3, 0.4) is 0 Å². The van der Waals surface area contributed by atoms with Crippen LogP contribution in [0.2, 0.25) is 0 Å². The topological polar surface area (TPSA) is 81.4 Å². The van der Waals surface area contributed by atoms with E-state index in [1.807, 2.05) is 48.6 Å². The van der Waals surface area contributed by atoms with Crippen molar-refractivity contribution >= 4 is 23.6 Å². The van der Waals surface area contributed by atoms with E-state index in [9.17, 15) is 9.59 Å². The van der Waals surface area contributed by atoms with E-state index in [1.165, 1.54) is 6.92 Å². The van der Waals surface area contributed by atoms with Gasteiger partial charge in [0.25, 0.3) is 0 Å². The highest BCUT2D eigenvalue weighted by Gasteiger charge is 2.03. The molecule has 0 aliphatic heterocycles. The SMILES string of the molecule is CC(=O)c1ccc(C=CCCNC(=O)OCc2ccccc2)c(N)c1. The number of ketones is 1. The molecule has 1 amide bonds. The Morgan fingerprint density at radius 3 is 2.60 bits per heavy atom. The zero-order valence-corrected chi connectivity index (χ0v) is 14.2. The lowest BCUT2D eigenvalue weighted by Gasteiger charge is -2.06. The second kappa shape index (κ2) is 9.27. The predicted molar refractivity (Wildman–Crippen MR) is 99.1 cm³/mol. The van der Waals surface area contributed by atoms with Crippen LogP contribution in [0.4, 0.5) is 10.5 Å². The Balaban J connectivity index is 1.71. The highest BCUT2D eigenvalue weighted by Crippen LogP contribution is 2.16.